The SMILES string of the molecule is CCNc1nn(C)cc1I. The summed E-state index contributed by atoms with van der Waals surface area (Å²) in [6.45, 7) is 2.98. The van der Waals surface area contributed by atoms with Crippen LogP contribution in [-0.2, 0) is 7.05 Å². The van der Waals surface area contributed by atoms with Crippen molar-refractivity contribution in [1.82, 2.24) is 9.78 Å². The molecule has 0 unspecified atom stereocenters. The van der Waals surface area contributed by atoms with Gasteiger partial charge in [0.25, 0.3) is 0 Å². The molecule has 0 fully saturated rings. The third-order valence-corrected chi connectivity index (χ3v) is 1.92. The minimum absolute atomic E-state index is 0.924. The topological polar surface area (TPSA) is 29.9 Å². The zero-order valence-corrected chi connectivity index (χ0v) is 8.21. The molecule has 0 aromatic carbocycles. The van der Waals surface area contributed by atoms with Crippen LogP contribution in [0.25, 0.3) is 0 Å². The molecule has 1 rings (SSSR count). The summed E-state index contributed by atoms with van der Waals surface area (Å²) >= 11 is 2.26. The van der Waals surface area contributed by atoms with Crippen molar-refractivity contribution in [3.05, 3.63) is 9.77 Å². The maximum Gasteiger partial charge on any atom is 0.161 e. The fourth-order valence-corrected chi connectivity index (χ4v) is 1.45. The van der Waals surface area contributed by atoms with Crippen LogP contribution in [0, 0.1) is 3.57 Å². The zero-order chi connectivity index (χ0) is 7.56. The van der Waals surface area contributed by atoms with Crippen LogP contribution in [0.2, 0.25) is 0 Å². The van der Waals surface area contributed by atoms with Crippen molar-refractivity contribution in [3.63, 3.8) is 0 Å². The van der Waals surface area contributed by atoms with E-state index in [0.717, 1.165) is 12.4 Å². The Hall–Kier alpha value is -0.260. The first-order valence-electron chi connectivity index (χ1n) is 3.17. The maximum absolute atomic E-state index is 4.20. The number of halogens is 1. The molecule has 1 aromatic rings. The highest BCUT2D eigenvalue weighted by Crippen LogP contribution is 2.13. The molecule has 0 amide bonds. The van der Waals surface area contributed by atoms with E-state index < -0.39 is 0 Å². The summed E-state index contributed by atoms with van der Waals surface area (Å²) in [4.78, 5) is 0. The first-order chi connectivity index (χ1) is 4.74. The normalized spacial score (nSPS) is 9.90. The van der Waals surface area contributed by atoms with E-state index in [9.17, 15) is 0 Å². The summed E-state index contributed by atoms with van der Waals surface area (Å²) in [6.07, 6.45) is 1.98. The number of hydrogen-bond donors (Lipinski definition) is 1. The Morgan fingerprint density at radius 2 is 2.50 bits per heavy atom. The van der Waals surface area contributed by atoms with Gasteiger partial charge in [-0.15, -0.1) is 0 Å². The number of anilines is 1. The Morgan fingerprint density at radius 1 is 1.80 bits per heavy atom. The van der Waals surface area contributed by atoms with Crippen molar-refractivity contribution in [2.45, 2.75) is 6.92 Å². The van der Waals surface area contributed by atoms with Gasteiger partial charge in [-0.2, -0.15) is 5.10 Å². The lowest BCUT2D eigenvalue weighted by molar-refractivity contribution is 0.769. The van der Waals surface area contributed by atoms with Gasteiger partial charge in [0, 0.05) is 19.8 Å². The molecule has 0 spiro atoms. The Balaban J connectivity index is 2.81. The molecule has 56 valence electrons. The monoisotopic (exact) mass is 251 g/mol. The molecule has 0 bridgehead atoms. The predicted molar refractivity (Wildman–Crippen MR) is 50.1 cm³/mol. The smallest absolute Gasteiger partial charge is 0.161 e. The summed E-state index contributed by atoms with van der Waals surface area (Å²) in [7, 11) is 1.92. The minimum Gasteiger partial charge on any atom is -0.368 e. The third kappa shape index (κ3) is 1.62. The average Bonchev–Trinajstić information content (AvgIpc) is 2.13. The number of nitrogens with one attached hydrogen (secondary N) is 1. The van der Waals surface area contributed by atoms with Gasteiger partial charge in [-0.05, 0) is 29.5 Å². The largest absolute Gasteiger partial charge is 0.368 e. The number of aromatic nitrogens is 2. The van der Waals surface area contributed by atoms with E-state index in [0.29, 0.717) is 0 Å². The molecule has 0 aliphatic heterocycles. The fourth-order valence-electron chi connectivity index (χ4n) is 0.747. The Labute approximate surface area is 73.9 Å². The number of aryl methyl sites for hydroxylation is 1. The van der Waals surface area contributed by atoms with Gasteiger partial charge in [0.2, 0.25) is 0 Å². The van der Waals surface area contributed by atoms with Crippen molar-refractivity contribution < 1.29 is 0 Å². The second-order valence-corrected chi connectivity index (χ2v) is 3.19. The van der Waals surface area contributed by atoms with Gasteiger partial charge < -0.3 is 5.32 Å². The van der Waals surface area contributed by atoms with Gasteiger partial charge in [0.1, 0.15) is 0 Å². The van der Waals surface area contributed by atoms with E-state index in [1.54, 1.807) is 4.68 Å². The predicted octanol–water partition coefficient (Wildman–Crippen LogP) is 1.46. The molecule has 3 nitrogen and oxygen atoms in total. The summed E-state index contributed by atoms with van der Waals surface area (Å²) in [5.74, 6) is 0.977. The van der Waals surface area contributed by atoms with Gasteiger partial charge in [0.05, 0.1) is 3.57 Å². The number of rotatable bonds is 2. The fraction of sp³-hybridized carbons (Fsp3) is 0.500. The molecule has 1 N–H and O–H groups in total. The van der Waals surface area contributed by atoms with Gasteiger partial charge >= 0.3 is 0 Å². The lowest BCUT2D eigenvalue weighted by Crippen LogP contribution is -1.99. The van der Waals surface area contributed by atoms with Crippen molar-refractivity contribution in [2.24, 2.45) is 7.05 Å². The maximum atomic E-state index is 4.20. The van der Waals surface area contributed by atoms with Crippen LogP contribution < -0.4 is 5.32 Å². The molecule has 1 heterocycles. The third-order valence-electron chi connectivity index (χ3n) is 1.13. The van der Waals surface area contributed by atoms with E-state index in [4.69, 9.17) is 0 Å². The van der Waals surface area contributed by atoms with E-state index in [-0.39, 0.29) is 0 Å². The van der Waals surface area contributed by atoms with E-state index in [1.165, 1.54) is 3.57 Å². The molecule has 1 aromatic heterocycles. The first kappa shape index (κ1) is 7.84. The Morgan fingerprint density at radius 3 is 2.90 bits per heavy atom. The van der Waals surface area contributed by atoms with Crippen LogP contribution in [0.15, 0.2) is 6.20 Å². The molecule has 0 radical (unpaired) electrons. The summed E-state index contributed by atoms with van der Waals surface area (Å²) in [5.41, 5.74) is 0. The molecule has 0 atom stereocenters. The highest BCUT2D eigenvalue weighted by Gasteiger charge is 2.00. The quantitative estimate of drug-likeness (QED) is 0.806. The van der Waals surface area contributed by atoms with Gasteiger partial charge in [-0.3, -0.25) is 4.68 Å². The Kier molecular flexibility index (Phi) is 2.53. The molecule has 10 heavy (non-hydrogen) atoms. The van der Waals surface area contributed by atoms with Crippen LogP contribution in [0.4, 0.5) is 5.82 Å². The van der Waals surface area contributed by atoms with Crippen molar-refractivity contribution in [2.75, 3.05) is 11.9 Å². The minimum atomic E-state index is 0.924. The molecular formula is C6H10IN3. The second-order valence-electron chi connectivity index (χ2n) is 2.03. The molecular weight excluding hydrogens is 241 g/mol. The van der Waals surface area contributed by atoms with E-state index in [2.05, 4.69) is 39.9 Å². The molecule has 0 aliphatic rings. The van der Waals surface area contributed by atoms with Gasteiger partial charge in [0.15, 0.2) is 5.82 Å². The molecule has 4 heteroatoms. The molecule has 0 saturated carbocycles. The van der Waals surface area contributed by atoms with Crippen LogP contribution >= 0.6 is 22.6 Å². The number of nitrogens with zero attached hydrogens (tertiary/aromatic N) is 2. The van der Waals surface area contributed by atoms with Crippen LogP contribution in [0.1, 0.15) is 6.92 Å². The molecule has 0 aliphatic carbocycles. The zero-order valence-electron chi connectivity index (χ0n) is 6.06. The van der Waals surface area contributed by atoms with E-state index >= 15 is 0 Å². The number of hydrogen-bond acceptors (Lipinski definition) is 2. The average molecular weight is 251 g/mol. The highest BCUT2D eigenvalue weighted by atomic mass is 127. The van der Waals surface area contributed by atoms with Crippen molar-refractivity contribution >= 4 is 28.4 Å². The Bertz CT molecular complexity index is 219. The molecule has 0 saturated heterocycles. The summed E-state index contributed by atoms with van der Waals surface area (Å²) in [5, 5.41) is 7.36. The van der Waals surface area contributed by atoms with Crippen LogP contribution in [0.5, 0.6) is 0 Å². The van der Waals surface area contributed by atoms with Gasteiger partial charge in [-0.25, -0.2) is 0 Å². The van der Waals surface area contributed by atoms with Crippen molar-refractivity contribution in [3.8, 4) is 0 Å². The van der Waals surface area contributed by atoms with Gasteiger partial charge in [-0.1, -0.05) is 0 Å². The van der Waals surface area contributed by atoms with E-state index in [1.807, 2.05) is 13.2 Å². The standard InChI is InChI=1S/C6H10IN3/c1-3-8-6-5(7)4-10(2)9-6/h4H,3H2,1-2H3,(H,8,9). The highest BCUT2D eigenvalue weighted by molar-refractivity contribution is 14.1. The lowest BCUT2D eigenvalue weighted by Gasteiger charge is -1.95. The summed E-state index contributed by atoms with van der Waals surface area (Å²) in [6, 6.07) is 0. The summed E-state index contributed by atoms with van der Waals surface area (Å²) < 4.78 is 2.97. The lowest BCUT2D eigenvalue weighted by atomic mass is 10.6. The van der Waals surface area contributed by atoms with Crippen molar-refractivity contribution in [1.29, 1.82) is 0 Å². The van der Waals surface area contributed by atoms with Crippen LogP contribution in [0.3, 0.4) is 0 Å². The van der Waals surface area contributed by atoms with Crippen LogP contribution in [-0.4, -0.2) is 16.3 Å². The second kappa shape index (κ2) is 3.23. The first-order valence-corrected chi connectivity index (χ1v) is 4.25.